The summed E-state index contributed by atoms with van der Waals surface area (Å²) in [6.07, 6.45) is 1.84. The molecule has 94 valence electrons. The second kappa shape index (κ2) is 6.08. The fourth-order valence-electron chi connectivity index (χ4n) is 1.68. The van der Waals surface area contributed by atoms with Gasteiger partial charge in [0.15, 0.2) is 0 Å². The molecule has 19 heavy (non-hydrogen) atoms. The molecule has 0 aliphatic rings. The van der Waals surface area contributed by atoms with Gasteiger partial charge in [0.1, 0.15) is 5.75 Å². The van der Waals surface area contributed by atoms with E-state index in [-0.39, 0.29) is 0 Å². The summed E-state index contributed by atoms with van der Waals surface area (Å²) < 4.78 is 5.10. The molecule has 0 unspecified atom stereocenters. The molecule has 2 aromatic rings. The Hall–Kier alpha value is -2.24. The second-order valence-corrected chi connectivity index (χ2v) is 4.39. The van der Waals surface area contributed by atoms with Gasteiger partial charge in [0.05, 0.1) is 18.8 Å². The lowest BCUT2D eigenvalue weighted by molar-refractivity contribution is 0.415. The predicted molar refractivity (Wildman–Crippen MR) is 77.9 cm³/mol. The first-order valence-electron chi connectivity index (χ1n) is 5.75. The van der Waals surface area contributed by atoms with Crippen molar-refractivity contribution in [3.63, 3.8) is 0 Å². The minimum Gasteiger partial charge on any atom is -0.497 e. The van der Waals surface area contributed by atoms with E-state index in [4.69, 9.17) is 16.3 Å². The SMILES string of the molecule is COc1ccc(/C=C(\C#N)c2ccc(Cl)cc2)cc1. The monoisotopic (exact) mass is 269 g/mol. The van der Waals surface area contributed by atoms with E-state index in [1.165, 1.54) is 0 Å². The maximum Gasteiger partial charge on any atom is 0.118 e. The van der Waals surface area contributed by atoms with Crippen LogP contribution in [-0.4, -0.2) is 7.11 Å². The average Bonchev–Trinajstić information content (AvgIpc) is 2.46. The number of methoxy groups -OCH3 is 1. The Labute approximate surface area is 117 Å². The number of ether oxygens (including phenoxy) is 1. The first-order valence-corrected chi connectivity index (χ1v) is 6.12. The number of hydrogen-bond acceptors (Lipinski definition) is 2. The highest BCUT2D eigenvalue weighted by atomic mass is 35.5. The fourth-order valence-corrected chi connectivity index (χ4v) is 1.80. The van der Waals surface area contributed by atoms with E-state index in [1.807, 2.05) is 42.5 Å². The van der Waals surface area contributed by atoms with Crippen molar-refractivity contribution in [2.75, 3.05) is 7.11 Å². The molecule has 2 rings (SSSR count). The topological polar surface area (TPSA) is 33.0 Å². The first kappa shape index (κ1) is 13.2. The van der Waals surface area contributed by atoms with E-state index in [0.29, 0.717) is 10.6 Å². The first-order chi connectivity index (χ1) is 9.22. The van der Waals surface area contributed by atoms with Gasteiger partial charge in [-0.25, -0.2) is 0 Å². The van der Waals surface area contributed by atoms with Crippen molar-refractivity contribution in [1.82, 2.24) is 0 Å². The van der Waals surface area contributed by atoms with E-state index in [0.717, 1.165) is 16.9 Å². The molecule has 0 fully saturated rings. The van der Waals surface area contributed by atoms with Crippen LogP contribution in [0.4, 0.5) is 0 Å². The van der Waals surface area contributed by atoms with Crippen molar-refractivity contribution in [2.24, 2.45) is 0 Å². The van der Waals surface area contributed by atoms with E-state index < -0.39 is 0 Å². The van der Waals surface area contributed by atoms with Crippen molar-refractivity contribution in [3.8, 4) is 11.8 Å². The lowest BCUT2D eigenvalue weighted by Crippen LogP contribution is -1.84. The molecular weight excluding hydrogens is 258 g/mol. The average molecular weight is 270 g/mol. The van der Waals surface area contributed by atoms with Crippen LogP contribution < -0.4 is 4.74 Å². The standard InChI is InChI=1S/C16H12ClNO/c1-19-16-8-2-12(3-9-16)10-14(11-18)13-4-6-15(17)7-5-13/h2-10H,1H3/b14-10+. The summed E-state index contributed by atoms with van der Waals surface area (Å²) in [6.45, 7) is 0. The van der Waals surface area contributed by atoms with Crippen LogP contribution in [0.3, 0.4) is 0 Å². The van der Waals surface area contributed by atoms with Gasteiger partial charge in [-0.15, -0.1) is 0 Å². The molecule has 0 radical (unpaired) electrons. The zero-order chi connectivity index (χ0) is 13.7. The van der Waals surface area contributed by atoms with Gasteiger partial charge in [-0.2, -0.15) is 5.26 Å². The highest BCUT2D eigenvalue weighted by molar-refractivity contribution is 6.30. The maximum absolute atomic E-state index is 9.23. The number of nitriles is 1. The van der Waals surface area contributed by atoms with E-state index in [2.05, 4.69) is 6.07 Å². The Morgan fingerprint density at radius 3 is 2.26 bits per heavy atom. The summed E-state index contributed by atoms with van der Waals surface area (Å²) in [5.74, 6) is 0.794. The zero-order valence-corrected chi connectivity index (χ0v) is 11.2. The molecule has 0 saturated heterocycles. The summed E-state index contributed by atoms with van der Waals surface area (Å²) in [5, 5.41) is 9.89. The van der Waals surface area contributed by atoms with Gasteiger partial charge in [0.25, 0.3) is 0 Å². The molecule has 0 atom stereocenters. The molecule has 0 saturated carbocycles. The van der Waals surface area contributed by atoms with Crippen LogP contribution >= 0.6 is 11.6 Å². The van der Waals surface area contributed by atoms with Crippen LogP contribution in [0, 0.1) is 11.3 Å². The minimum absolute atomic E-state index is 0.599. The van der Waals surface area contributed by atoms with Crippen molar-refractivity contribution in [3.05, 3.63) is 64.7 Å². The summed E-state index contributed by atoms with van der Waals surface area (Å²) in [7, 11) is 1.62. The number of benzene rings is 2. The van der Waals surface area contributed by atoms with E-state index in [1.54, 1.807) is 19.2 Å². The van der Waals surface area contributed by atoms with E-state index >= 15 is 0 Å². The highest BCUT2D eigenvalue weighted by Gasteiger charge is 2.01. The van der Waals surface area contributed by atoms with Crippen LogP contribution in [0.25, 0.3) is 11.6 Å². The van der Waals surface area contributed by atoms with Gasteiger partial charge in [-0.1, -0.05) is 35.9 Å². The maximum atomic E-state index is 9.23. The molecule has 2 aromatic carbocycles. The molecule has 2 nitrogen and oxygen atoms in total. The molecule has 0 heterocycles. The predicted octanol–water partition coefficient (Wildman–Crippen LogP) is 4.41. The van der Waals surface area contributed by atoms with Crippen molar-refractivity contribution in [2.45, 2.75) is 0 Å². The van der Waals surface area contributed by atoms with Gasteiger partial charge < -0.3 is 4.74 Å². The van der Waals surface area contributed by atoms with Crippen LogP contribution in [0.5, 0.6) is 5.75 Å². The molecule has 0 aliphatic heterocycles. The van der Waals surface area contributed by atoms with Gasteiger partial charge >= 0.3 is 0 Å². The molecule has 0 bridgehead atoms. The summed E-state index contributed by atoms with van der Waals surface area (Å²) in [6, 6.07) is 17.0. The Kier molecular flexibility index (Phi) is 4.22. The third-order valence-corrected chi connectivity index (χ3v) is 2.95. The quantitative estimate of drug-likeness (QED) is 0.611. The third kappa shape index (κ3) is 3.37. The molecule has 0 amide bonds. The van der Waals surface area contributed by atoms with Crippen LogP contribution in [-0.2, 0) is 0 Å². The largest absolute Gasteiger partial charge is 0.497 e. The normalized spacial score (nSPS) is 10.9. The molecule has 0 spiro atoms. The zero-order valence-electron chi connectivity index (χ0n) is 10.4. The van der Waals surface area contributed by atoms with Gasteiger partial charge in [-0.3, -0.25) is 0 Å². The number of allylic oxidation sites excluding steroid dienone is 1. The number of halogens is 1. The lowest BCUT2D eigenvalue weighted by atomic mass is 10.0. The third-order valence-electron chi connectivity index (χ3n) is 2.70. The van der Waals surface area contributed by atoms with Crippen LogP contribution in [0.15, 0.2) is 48.5 Å². The number of nitrogens with zero attached hydrogens (tertiary/aromatic N) is 1. The molecular formula is C16H12ClNO. The van der Waals surface area contributed by atoms with Gasteiger partial charge in [0, 0.05) is 5.02 Å². The summed E-state index contributed by atoms with van der Waals surface area (Å²) in [5.41, 5.74) is 2.40. The Balaban J connectivity index is 2.33. The Morgan fingerprint density at radius 2 is 1.74 bits per heavy atom. The van der Waals surface area contributed by atoms with Gasteiger partial charge in [0.2, 0.25) is 0 Å². The van der Waals surface area contributed by atoms with Crippen molar-refractivity contribution >= 4 is 23.3 Å². The Bertz CT molecular complexity index is 621. The fraction of sp³-hybridized carbons (Fsp3) is 0.0625. The number of hydrogen-bond donors (Lipinski definition) is 0. The lowest BCUT2D eigenvalue weighted by Gasteiger charge is -2.02. The minimum atomic E-state index is 0.599. The van der Waals surface area contributed by atoms with Crippen molar-refractivity contribution < 1.29 is 4.74 Å². The molecule has 0 aliphatic carbocycles. The van der Waals surface area contributed by atoms with Gasteiger partial charge in [-0.05, 0) is 41.5 Å². The summed E-state index contributed by atoms with van der Waals surface area (Å²) >= 11 is 5.84. The molecule has 3 heteroatoms. The van der Waals surface area contributed by atoms with Crippen LogP contribution in [0.1, 0.15) is 11.1 Å². The number of rotatable bonds is 3. The molecule has 0 aromatic heterocycles. The van der Waals surface area contributed by atoms with Crippen molar-refractivity contribution in [1.29, 1.82) is 5.26 Å². The smallest absolute Gasteiger partial charge is 0.118 e. The molecule has 0 N–H and O–H groups in total. The van der Waals surface area contributed by atoms with E-state index in [9.17, 15) is 5.26 Å². The Morgan fingerprint density at radius 1 is 1.11 bits per heavy atom. The van der Waals surface area contributed by atoms with Crippen LogP contribution in [0.2, 0.25) is 5.02 Å². The second-order valence-electron chi connectivity index (χ2n) is 3.95. The highest BCUT2D eigenvalue weighted by Crippen LogP contribution is 2.21. The summed E-state index contributed by atoms with van der Waals surface area (Å²) in [4.78, 5) is 0.